The molecule has 0 spiro atoms. The van der Waals surface area contributed by atoms with Gasteiger partial charge in [0.25, 0.3) is 5.91 Å². The molecule has 1 amide bonds. The summed E-state index contributed by atoms with van der Waals surface area (Å²) in [5.41, 5.74) is 0.581. The Bertz CT molecular complexity index is 491. The lowest BCUT2D eigenvalue weighted by atomic mass is 10.0. The molecular formula is C17H24ClN3O. The van der Waals surface area contributed by atoms with E-state index in [1.165, 1.54) is 38.4 Å². The molecule has 4 nitrogen and oxygen atoms in total. The Morgan fingerprint density at radius 3 is 2.59 bits per heavy atom. The molecule has 0 unspecified atom stereocenters. The van der Waals surface area contributed by atoms with Crippen LogP contribution >= 0.6 is 11.6 Å². The van der Waals surface area contributed by atoms with Gasteiger partial charge in [-0.25, -0.2) is 4.98 Å². The quantitative estimate of drug-likeness (QED) is 0.867. The maximum absolute atomic E-state index is 12.2. The van der Waals surface area contributed by atoms with E-state index in [1.54, 1.807) is 12.1 Å². The number of piperidine rings is 1. The van der Waals surface area contributed by atoms with E-state index < -0.39 is 0 Å². The molecule has 1 saturated carbocycles. The highest BCUT2D eigenvalue weighted by Gasteiger charge is 2.24. The summed E-state index contributed by atoms with van der Waals surface area (Å²) in [6, 6.07) is 3.66. The Kier molecular flexibility index (Phi) is 5.32. The highest BCUT2D eigenvalue weighted by Crippen LogP contribution is 2.26. The molecule has 1 aromatic rings. The normalized spacial score (nSPS) is 21.1. The number of aromatic nitrogens is 1. The van der Waals surface area contributed by atoms with Crippen molar-refractivity contribution in [1.82, 2.24) is 15.2 Å². The van der Waals surface area contributed by atoms with Crippen molar-refractivity contribution in [2.75, 3.05) is 19.6 Å². The smallest absolute Gasteiger partial charge is 0.253 e. The molecule has 2 fully saturated rings. The number of nitrogens with one attached hydrogen (secondary N) is 1. The van der Waals surface area contributed by atoms with E-state index in [9.17, 15) is 4.79 Å². The van der Waals surface area contributed by atoms with Crippen molar-refractivity contribution in [3.63, 3.8) is 0 Å². The summed E-state index contributed by atoms with van der Waals surface area (Å²) in [4.78, 5) is 18.7. The van der Waals surface area contributed by atoms with Crippen molar-refractivity contribution < 1.29 is 4.79 Å². The molecule has 5 heteroatoms. The van der Waals surface area contributed by atoms with Gasteiger partial charge >= 0.3 is 0 Å². The van der Waals surface area contributed by atoms with E-state index in [-0.39, 0.29) is 11.9 Å². The maximum atomic E-state index is 12.2. The summed E-state index contributed by atoms with van der Waals surface area (Å²) >= 11 is 5.75. The highest BCUT2D eigenvalue weighted by atomic mass is 35.5. The molecule has 1 aliphatic carbocycles. The first-order valence-electron chi connectivity index (χ1n) is 8.35. The maximum Gasteiger partial charge on any atom is 0.253 e. The summed E-state index contributed by atoms with van der Waals surface area (Å²) in [6.07, 6.45) is 9.24. The van der Waals surface area contributed by atoms with Gasteiger partial charge < -0.3 is 10.2 Å². The fourth-order valence-electron chi connectivity index (χ4n) is 3.60. The zero-order chi connectivity index (χ0) is 15.4. The third-order valence-corrected chi connectivity index (χ3v) is 5.13. The lowest BCUT2D eigenvalue weighted by Crippen LogP contribution is -2.45. The van der Waals surface area contributed by atoms with Crippen LogP contribution < -0.4 is 5.32 Å². The predicted molar refractivity (Wildman–Crippen MR) is 88.1 cm³/mol. The van der Waals surface area contributed by atoms with E-state index in [1.807, 2.05) is 0 Å². The number of nitrogens with zero attached hydrogens (tertiary/aromatic N) is 2. The number of hydrogen-bond acceptors (Lipinski definition) is 3. The summed E-state index contributed by atoms with van der Waals surface area (Å²) in [5.74, 6) is 0.865. The zero-order valence-corrected chi connectivity index (χ0v) is 13.7. The molecule has 1 aliphatic heterocycles. The van der Waals surface area contributed by atoms with E-state index in [0.717, 1.165) is 31.8 Å². The van der Waals surface area contributed by atoms with Gasteiger partial charge in [-0.1, -0.05) is 24.4 Å². The van der Waals surface area contributed by atoms with Gasteiger partial charge in [0.05, 0.1) is 5.56 Å². The third kappa shape index (κ3) is 4.20. The second-order valence-corrected chi connectivity index (χ2v) is 6.96. The first-order chi connectivity index (χ1) is 10.7. The van der Waals surface area contributed by atoms with Gasteiger partial charge in [0, 0.05) is 31.9 Å². The summed E-state index contributed by atoms with van der Waals surface area (Å²) in [5, 5.41) is 3.53. The second kappa shape index (κ2) is 7.42. The van der Waals surface area contributed by atoms with E-state index in [2.05, 4.69) is 15.2 Å². The van der Waals surface area contributed by atoms with E-state index in [0.29, 0.717) is 10.7 Å². The van der Waals surface area contributed by atoms with Crippen LogP contribution in [-0.2, 0) is 0 Å². The number of amides is 1. The number of carbonyl (C=O) groups is 1. The molecule has 0 radical (unpaired) electrons. The van der Waals surface area contributed by atoms with Crippen LogP contribution in [0.1, 0.15) is 48.9 Å². The highest BCUT2D eigenvalue weighted by molar-refractivity contribution is 6.29. The van der Waals surface area contributed by atoms with Crippen LogP contribution in [0.25, 0.3) is 0 Å². The van der Waals surface area contributed by atoms with Gasteiger partial charge in [0.15, 0.2) is 0 Å². The van der Waals surface area contributed by atoms with Crippen LogP contribution in [-0.4, -0.2) is 41.5 Å². The predicted octanol–water partition coefficient (Wildman–Crippen LogP) is 3.12. The minimum Gasteiger partial charge on any atom is -0.349 e. The van der Waals surface area contributed by atoms with Crippen LogP contribution in [0.4, 0.5) is 0 Å². The van der Waals surface area contributed by atoms with Gasteiger partial charge in [0.2, 0.25) is 0 Å². The van der Waals surface area contributed by atoms with Crippen molar-refractivity contribution in [3.8, 4) is 0 Å². The fourth-order valence-corrected chi connectivity index (χ4v) is 3.71. The number of pyridine rings is 1. The van der Waals surface area contributed by atoms with Gasteiger partial charge in [-0.05, 0) is 43.7 Å². The molecule has 120 valence electrons. The molecule has 1 saturated heterocycles. The van der Waals surface area contributed by atoms with Gasteiger partial charge in [0.1, 0.15) is 5.15 Å². The molecule has 2 aliphatic rings. The standard InChI is InChI=1S/C17H24ClN3O/c18-16-6-5-14(11-19-16)17(22)20-15-7-9-21(10-8-15)12-13-3-1-2-4-13/h5-6,11,13,15H,1-4,7-10,12H2,(H,20,22). The molecular weight excluding hydrogens is 298 g/mol. The number of rotatable bonds is 4. The Hall–Kier alpha value is -1.13. The van der Waals surface area contributed by atoms with Crippen molar-refractivity contribution in [3.05, 3.63) is 29.0 Å². The molecule has 22 heavy (non-hydrogen) atoms. The molecule has 1 N–H and O–H groups in total. The molecule has 1 aromatic heterocycles. The van der Waals surface area contributed by atoms with E-state index in [4.69, 9.17) is 11.6 Å². The van der Waals surface area contributed by atoms with Crippen LogP contribution in [0, 0.1) is 5.92 Å². The van der Waals surface area contributed by atoms with Crippen LogP contribution in [0.5, 0.6) is 0 Å². The van der Waals surface area contributed by atoms with Crippen molar-refractivity contribution in [1.29, 1.82) is 0 Å². The molecule has 2 heterocycles. The van der Waals surface area contributed by atoms with Crippen molar-refractivity contribution in [2.24, 2.45) is 5.92 Å². The van der Waals surface area contributed by atoms with Crippen LogP contribution in [0.2, 0.25) is 5.15 Å². The lowest BCUT2D eigenvalue weighted by Gasteiger charge is -2.33. The Balaban J connectivity index is 1.43. The lowest BCUT2D eigenvalue weighted by molar-refractivity contribution is 0.0905. The van der Waals surface area contributed by atoms with Crippen molar-refractivity contribution >= 4 is 17.5 Å². The average molecular weight is 322 g/mol. The first-order valence-corrected chi connectivity index (χ1v) is 8.73. The fraction of sp³-hybridized carbons (Fsp3) is 0.647. The Morgan fingerprint density at radius 1 is 1.23 bits per heavy atom. The van der Waals surface area contributed by atoms with Crippen LogP contribution in [0.3, 0.4) is 0 Å². The number of halogens is 1. The minimum absolute atomic E-state index is 0.0431. The molecule has 0 atom stereocenters. The topological polar surface area (TPSA) is 45.2 Å². The summed E-state index contributed by atoms with van der Waals surface area (Å²) in [7, 11) is 0. The molecule has 3 rings (SSSR count). The number of carbonyl (C=O) groups excluding carboxylic acids is 1. The van der Waals surface area contributed by atoms with Gasteiger partial charge in [-0.15, -0.1) is 0 Å². The monoisotopic (exact) mass is 321 g/mol. The number of hydrogen-bond donors (Lipinski definition) is 1. The summed E-state index contributed by atoms with van der Waals surface area (Å²) in [6.45, 7) is 3.45. The first kappa shape index (κ1) is 15.8. The van der Waals surface area contributed by atoms with E-state index >= 15 is 0 Å². The minimum atomic E-state index is -0.0431. The Labute approximate surface area is 137 Å². The summed E-state index contributed by atoms with van der Waals surface area (Å²) < 4.78 is 0. The molecule has 0 bridgehead atoms. The van der Waals surface area contributed by atoms with Crippen LogP contribution in [0.15, 0.2) is 18.3 Å². The Morgan fingerprint density at radius 2 is 1.95 bits per heavy atom. The van der Waals surface area contributed by atoms with Gasteiger partial charge in [-0.3, -0.25) is 4.79 Å². The van der Waals surface area contributed by atoms with Crippen molar-refractivity contribution in [2.45, 2.75) is 44.6 Å². The van der Waals surface area contributed by atoms with Gasteiger partial charge in [-0.2, -0.15) is 0 Å². The second-order valence-electron chi connectivity index (χ2n) is 6.57. The average Bonchev–Trinajstić information content (AvgIpc) is 3.03. The largest absolute Gasteiger partial charge is 0.349 e. The number of likely N-dealkylation sites (tertiary alicyclic amines) is 1. The third-order valence-electron chi connectivity index (χ3n) is 4.90. The molecule has 0 aromatic carbocycles. The SMILES string of the molecule is O=C(NC1CCN(CC2CCCC2)CC1)c1ccc(Cl)nc1. The zero-order valence-electron chi connectivity index (χ0n) is 12.9.